The second-order valence-electron chi connectivity index (χ2n) is 4.82. The molecule has 0 spiro atoms. The van der Waals surface area contributed by atoms with E-state index in [0.29, 0.717) is 10.6 Å². The maximum atomic E-state index is 12.4. The zero-order chi connectivity index (χ0) is 14.8. The molecule has 0 fully saturated rings. The van der Waals surface area contributed by atoms with E-state index in [4.69, 9.17) is 11.6 Å². The first-order valence-electron chi connectivity index (χ1n) is 6.57. The lowest BCUT2D eigenvalue weighted by atomic mass is 10.1. The van der Waals surface area contributed by atoms with Crippen molar-refractivity contribution in [2.45, 2.75) is 0 Å². The van der Waals surface area contributed by atoms with Gasteiger partial charge in [-0.25, -0.2) is 0 Å². The fourth-order valence-corrected chi connectivity index (χ4v) is 2.63. The number of anilines is 2. The van der Waals surface area contributed by atoms with E-state index in [1.54, 1.807) is 29.2 Å². The fourth-order valence-electron chi connectivity index (χ4n) is 2.39. The lowest BCUT2D eigenvalue weighted by Gasteiger charge is -2.30. The topological polar surface area (TPSA) is 49.4 Å². The molecule has 0 radical (unpaired) electrons. The standard InChI is InChI=1S/C16H13ClN2O2/c17-12-6-2-1-5-11(12)15(20)9-19-10-16(21)18-13-7-3-4-8-14(13)19/h1-8H,9-10H2,(H,18,21). The van der Waals surface area contributed by atoms with E-state index in [2.05, 4.69) is 5.32 Å². The average Bonchev–Trinajstić information content (AvgIpc) is 2.47. The molecule has 1 amide bonds. The van der Waals surface area contributed by atoms with Crippen LogP contribution in [0.25, 0.3) is 0 Å². The van der Waals surface area contributed by atoms with Gasteiger partial charge in [0.2, 0.25) is 5.91 Å². The van der Waals surface area contributed by atoms with Gasteiger partial charge in [-0.15, -0.1) is 0 Å². The Bertz CT molecular complexity index is 715. The van der Waals surface area contributed by atoms with Crippen LogP contribution in [0.15, 0.2) is 48.5 Å². The summed E-state index contributed by atoms with van der Waals surface area (Å²) in [7, 11) is 0. The molecule has 21 heavy (non-hydrogen) atoms. The smallest absolute Gasteiger partial charge is 0.243 e. The van der Waals surface area contributed by atoms with Crippen LogP contribution in [0.1, 0.15) is 10.4 Å². The largest absolute Gasteiger partial charge is 0.353 e. The van der Waals surface area contributed by atoms with Crippen LogP contribution in [0.2, 0.25) is 5.02 Å². The Hall–Kier alpha value is -2.33. The Morgan fingerprint density at radius 3 is 2.67 bits per heavy atom. The van der Waals surface area contributed by atoms with Gasteiger partial charge in [0, 0.05) is 5.56 Å². The third-order valence-electron chi connectivity index (χ3n) is 3.36. The number of ketones is 1. The first kappa shape index (κ1) is 13.6. The minimum atomic E-state index is -0.124. The van der Waals surface area contributed by atoms with E-state index in [1.807, 2.05) is 24.3 Å². The highest BCUT2D eigenvalue weighted by molar-refractivity contribution is 6.34. The molecule has 4 nitrogen and oxygen atoms in total. The number of hydrogen-bond donors (Lipinski definition) is 1. The van der Waals surface area contributed by atoms with Crippen molar-refractivity contribution in [2.75, 3.05) is 23.3 Å². The molecule has 0 aliphatic carbocycles. The highest BCUT2D eigenvalue weighted by Gasteiger charge is 2.24. The van der Waals surface area contributed by atoms with Crippen LogP contribution >= 0.6 is 11.6 Å². The predicted octanol–water partition coefficient (Wildman–Crippen LogP) is 2.98. The van der Waals surface area contributed by atoms with Crippen LogP contribution in [0, 0.1) is 0 Å². The first-order valence-corrected chi connectivity index (χ1v) is 6.94. The zero-order valence-electron chi connectivity index (χ0n) is 11.2. The van der Waals surface area contributed by atoms with Crippen molar-refractivity contribution in [1.29, 1.82) is 0 Å². The minimum Gasteiger partial charge on any atom is -0.353 e. The Balaban J connectivity index is 1.87. The number of Topliss-reactive ketones (excluding diaryl/α,β-unsaturated/α-hetero) is 1. The summed E-state index contributed by atoms with van der Waals surface area (Å²) in [4.78, 5) is 25.9. The van der Waals surface area contributed by atoms with E-state index < -0.39 is 0 Å². The Morgan fingerprint density at radius 1 is 1.14 bits per heavy atom. The van der Waals surface area contributed by atoms with Gasteiger partial charge in [-0.2, -0.15) is 0 Å². The molecule has 0 unspecified atom stereocenters. The number of benzene rings is 2. The third-order valence-corrected chi connectivity index (χ3v) is 3.69. The molecule has 2 aromatic carbocycles. The van der Waals surface area contributed by atoms with Crippen molar-refractivity contribution >= 4 is 34.7 Å². The van der Waals surface area contributed by atoms with E-state index in [-0.39, 0.29) is 24.8 Å². The van der Waals surface area contributed by atoms with Gasteiger partial charge in [0.1, 0.15) is 0 Å². The van der Waals surface area contributed by atoms with Crippen molar-refractivity contribution in [3.8, 4) is 0 Å². The van der Waals surface area contributed by atoms with E-state index in [0.717, 1.165) is 11.4 Å². The van der Waals surface area contributed by atoms with E-state index in [1.165, 1.54) is 0 Å². The molecule has 3 rings (SSSR count). The summed E-state index contributed by atoms with van der Waals surface area (Å²) >= 11 is 6.05. The van der Waals surface area contributed by atoms with Gasteiger partial charge in [0.15, 0.2) is 5.78 Å². The number of halogens is 1. The quantitative estimate of drug-likeness (QED) is 0.887. The molecule has 0 saturated heterocycles. The van der Waals surface area contributed by atoms with Crippen LogP contribution in [0.5, 0.6) is 0 Å². The molecule has 0 aromatic heterocycles. The Kier molecular flexibility index (Phi) is 3.62. The summed E-state index contributed by atoms with van der Waals surface area (Å²) in [6, 6.07) is 14.4. The maximum absolute atomic E-state index is 12.4. The Labute approximate surface area is 127 Å². The lowest BCUT2D eigenvalue weighted by Crippen LogP contribution is -2.41. The normalized spacial score (nSPS) is 13.6. The summed E-state index contributed by atoms with van der Waals surface area (Å²) in [6.45, 7) is 0.279. The molecule has 1 N–H and O–H groups in total. The molecule has 1 aliphatic heterocycles. The van der Waals surface area contributed by atoms with Crippen molar-refractivity contribution < 1.29 is 9.59 Å². The van der Waals surface area contributed by atoms with E-state index >= 15 is 0 Å². The molecule has 1 aliphatic rings. The van der Waals surface area contributed by atoms with Crippen LogP contribution in [-0.2, 0) is 4.79 Å². The minimum absolute atomic E-state index is 0.106. The highest BCUT2D eigenvalue weighted by Crippen LogP contribution is 2.29. The van der Waals surface area contributed by atoms with Gasteiger partial charge >= 0.3 is 0 Å². The van der Waals surface area contributed by atoms with Gasteiger partial charge in [-0.05, 0) is 24.3 Å². The third kappa shape index (κ3) is 2.76. The molecule has 0 bridgehead atoms. The molecule has 2 aromatic rings. The summed E-state index contributed by atoms with van der Waals surface area (Å²) in [5.41, 5.74) is 2.04. The lowest BCUT2D eigenvalue weighted by molar-refractivity contribution is -0.115. The van der Waals surface area contributed by atoms with Crippen molar-refractivity contribution in [1.82, 2.24) is 0 Å². The fraction of sp³-hybridized carbons (Fsp3) is 0.125. The number of rotatable bonds is 3. The summed E-state index contributed by atoms with van der Waals surface area (Å²) in [5, 5.41) is 3.22. The monoisotopic (exact) mass is 300 g/mol. The number of carbonyl (C=O) groups excluding carboxylic acids is 2. The van der Waals surface area contributed by atoms with Crippen molar-refractivity contribution in [2.24, 2.45) is 0 Å². The number of amides is 1. The van der Waals surface area contributed by atoms with Crippen LogP contribution in [0.4, 0.5) is 11.4 Å². The number of hydrogen-bond acceptors (Lipinski definition) is 3. The SMILES string of the molecule is O=C1CN(CC(=O)c2ccccc2Cl)c2ccccc2N1. The second kappa shape index (κ2) is 5.58. The second-order valence-corrected chi connectivity index (χ2v) is 5.23. The molecule has 1 heterocycles. The van der Waals surface area contributed by atoms with Crippen LogP contribution < -0.4 is 10.2 Å². The van der Waals surface area contributed by atoms with Gasteiger partial charge in [0.05, 0.1) is 29.5 Å². The molecule has 0 saturated carbocycles. The maximum Gasteiger partial charge on any atom is 0.243 e. The van der Waals surface area contributed by atoms with Gasteiger partial charge in [-0.1, -0.05) is 35.9 Å². The molecular weight excluding hydrogens is 288 g/mol. The first-order chi connectivity index (χ1) is 10.1. The summed E-state index contributed by atoms with van der Waals surface area (Å²) in [5.74, 6) is -0.231. The van der Waals surface area contributed by atoms with Crippen LogP contribution in [-0.4, -0.2) is 24.8 Å². The number of para-hydroxylation sites is 2. The zero-order valence-corrected chi connectivity index (χ0v) is 11.9. The Morgan fingerprint density at radius 2 is 1.86 bits per heavy atom. The summed E-state index contributed by atoms with van der Waals surface area (Å²) in [6.07, 6.45) is 0. The number of nitrogens with one attached hydrogen (secondary N) is 1. The van der Waals surface area contributed by atoms with Gasteiger partial charge in [0.25, 0.3) is 0 Å². The van der Waals surface area contributed by atoms with Crippen molar-refractivity contribution in [3.63, 3.8) is 0 Å². The number of nitrogens with zero attached hydrogens (tertiary/aromatic N) is 1. The molecular formula is C16H13ClN2O2. The molecule has 106 valence electrons. The summed E-state index contributed by atoms with van der Waals surface area (Å²) < 4.78 is 0. The highest BCUT2D eigenvalue weighted by atomic mass is 35.5. The van der Waals surface area contributed by atoms with E-state index in [9.17, 15) is 9.59 Å². The number of fused-ring (bicyclic) bond motifs is 1. The average molecular weight is 301 g/mol. The predicted molar refractivity (Wildman–Crippen MR) is 83.1 cm³/mol. The molecule has 5 heteroatoms. The van der Waals surface area contributed by atoms with Crippen molar-refractivity contribution in [3.05, 3.63) is 59.1 Å². The number of carbonyl (C=O) groups is 2. The van der Waals surface area contributed by atoms with Gasteiger partial charge < -0.3 is 10.2 Å². The van der Waals surface area contributed by atoms with Crippen LogP contribution in [0.3, 0.4) is 0 Å². The molecule has 0 atom stereocenters. The van der Waals surface area contributed by atoms with Gasteiger partial charge in [-0.3, -0.25) is 9.59 Å².